The number of hydrogen-bond donors (Lipinski definition) is 1. The third-order valence-electron chi connectivity index (χ3n) is 3.31. The molecule has 0 atom stereocenters. The maximum atomic E-state index is 13.8. The van der Waals surface area contributed by atoms with Crippen molar-refractivity contribution in [2.24, 2.45) is 0 Å². The molecule has 1 heterocycles. The van der Waals surface area contributed by atoms with Crippen molar-refractivity contribution in [2.45, 2.75) is 0 Å². The second-order valence-corrected chi connectivity index (χ2v) is 5.35. The van der Waals surface area contributed by atoms with Gasteiger partial charge in [0, 0.05) is 31.9 Å². The summed E-state index contributed by atoms with van der Waals surface area (Å²) in [5.74, 6) is -1.29. The van der Waals surface area contributed by atoms with Crippen LogP contribution < -0.4 is 4.90 Å². The molecule has 108 valence electrons. The average Bonchev–Trinajstić information content (AvgIpc) is 2.75. The Morgan fingerprint density at radius 3 is 2.62 bits per heavy atom. The molecule has 0 saturated heterocycles. The Balaban J connectivity index is 2.32. The Labute approximate surface area is 125 Å². The van der Waals surface area contributed by atoms with E-state index in [1.54, 1.807) is 4.57 Å². The summed E-state index contributed by atoms with van der Waals surface area (Å²) in [6, 6.07) is 9.69. The van der Waals surface area contributed by atoms with Crippen LogP contribution in [0.15, 0.2) is 36.4 Å². The van der Waals surface area contributed by atoms with Gasteiger partial charge in [0.05, 0.1) is 11.2 Å². The lowest BCUT2D eigenvalue weighted by molar-refractivity contribution is 0.590. The van der Waals surface area contributed by atoms with Gasteiger partial charge in [-0.1, -0.05) is 6.07 Å². The van der Waals surface area contributed by atoms with Crippen LogP contribution in [-0.4, -0.2) is 23.6 Å². The van der Waals surface area contributed by atoms with E-state index in [-0.39, 0.29) is 5.52 Å². The highest BCUT2D eigenvalue weighted by atomic mass is 32.1. The fourth-order valence-electron chi connectivity index (χ4n) is 2.30. The average molecular weight is 305 g/mol. The standard InChI is InChI=1S/C15H13F2N3S/c1-19(2)10-4-3-5-11(8-10)20-13-7-9(16)6-12(17)14(13)18-15(20)21/h3-8H,1-2H3,(H,18,21). The maximum Gasteiger partial charge on any atom is 0.182 e. The second kappa shape index (κ2) is 4.96. The molecule has 3 aromatic rings. The van der Waals surface area contributed by atoms with Crippen molar-refractivity contribution in [1.29, 1.82) is 0 Å². The minimum absolute atomic E-state index is 0.205. The van der Waals surface area contributed by atoms with Crippen LogP contribution in [0.3, 0.4) is 0 Å². The van der Waals surface area contributed by atoms with Crippen LogP contribution in [-0.2, 0) is 0 Å². The number of nitrogens with one attached hydrogen (secondary N) is 1. The van der Waals surface area contributed by atoms with Gasteiger partial charge in [0.1, 0.15) is 11.3 Å². The van der Waals surface area contributed by atoms with Gasteiger partial charge in [-0.3, -0.25) is 4.57 Å². The van der Waals surface area contributed by atoms with Crippen molar-refractivity contribution >= 4 is 28.9 Å². The van der Waals surface area contributed by atoms with Crippen molar-refractivity contribution in [3.63, 3.8) is 0 Å². The zero-order valence-electron chi connectivity index (χ0n) is 11.5. The second-order valence-electron chi connectivity index (χ2n) is 4.96. The number of rotatable bonds is 2. The van der Waals surface area contributed by atoms with E-state index in [0.717, 1.165) is 17.4 Å². The zero-order valence-corrected chi connectivity index (χ0v) is 12.3. The molecular formula is C15H13F2N3S. The molecule has 1 aromatic heterocycles. The molecule has 0 saturated carbocycles. The molecule has 0 aliphatic carbocycles. The first kappa shape index (κ1) is 13.8. The van der Waals surface area contributed by atoms with Gasteiger partial charge >= 0.3 is 0 Å². The Morgan fingerprint density at radius 2 is 1.90 bits per heavy atom. The maximum absolute atomic E-state index is 13.8. The van der Waals surface area contributed by atoms with E-state index >= 15 is 0 Å². The third-order valence-corrected chi connectivity index (χ3v) is 3.60. The number of anilines is 1. The van der Waals surface area contributed by atoms with Crippen molar-refractivity contribution in [1.82, 2.24) is 9.55 Å². The van der Waals surface area contributed by atoms with Crippen LogP contribution in [0.4, 0.5) is 14.5 Å². The zero-order chi connectivity index (χ0) is 15.1. The lowest BCUT2D eigenvalue weighted by Crippen LogP contribution is -2.09. The first-order valence-corrected chi connectivity index (χ1v) is 6.76. The van der Waals surface area contributed by atoms with Crippen molar-refractivity contribution in [2.75, 3.05) is 19.0 Å². The number of fused-ring (bicyclic) bond motifs is 1. The van der Waals surface area contributed by atoms with E-state index in [4.69, 9.17) is 12.2 Å². The highest BCUT2D eigenvalue weighted by Crippen LogP contribution is 2.25. The molecule has 0 unspecified atom stereocenters. The number of H-pyrrole nitrogens is 1. The fraction of sp³-hybridized carbons (Fsp3) is 0.133. The van der Waals surface area contributed by atoms with Gasteiger partial charge in [0.2, 0.25) is 0 Å². The van der Waals surface area contributed by atoms with E-state index < -0.39 is 11.6 Å². The molecule has 0 spiro atoms. The molecule has 0 aliphatic rings. The van der Waals surface area contributed by atoms with E-state index in [0.29, 0.717) is 10.3 Å². The SMILES string of the molecule is CN(C)c1cccc(-n2c(=S)[nH]c3c(F)cc(F)cc32)c1. The summed E-state index contributed by atoms with van der Waals surface area (Å²) >= 11 is 5.25. The Kier molecular flexibility index (Phi) is 3.25. The molecule has 2 aromatic carbocycles. The van der Waals surface area contributed by atoms with Crippen LogP contribution in [0.5, 0.6) is 0 Å². The summed E-state index contributed by atoms with van der Waals surface area (Å²) in [4.78, 5) is 4.74. The van der Waals surface area contributed by atoms with Gasteiger partial charge in [-0.2, -0.15) is 0 Å². The van der Waals surface area contributed by atoms with Gasteiger partial charge < -0.3 is 9.88 Å². The fourth-order valence-corrected chi connectivity index (χ4v) is 2.60. The van der Waals surface area contributed by atoms with E-state index in [1.807, 2.05) is 43.3 Å². The van der Waals surface area contributed by atoms with Gasteiger partial charge in [0.25, 0.3) is 0 Å². The summed E-state index contributed by atoms with van der Waals surface area (Å²) in [6.07, 6.45) is 0. The quantitative estimate of drug-likeness (QED) is 0.723. The largest absolute Gasteiger partial charge is 0.378 e. The number of hydrogen-bond acceptors (Lipinski definition) is 2. The Morgan fingerprint density at radius 1 is 1.14 bits per heavy atom. The summed E-state index contributed by atoms with van der Waals surface area (Å²) < 4.78 is 29.3. The van der Waals surface area contributed by atoms with E-state index in [9.17, 15) is 8.78 Å². The molecule has 0 bridgehead atoms. The first-order chi connectivity index (χ1) is 9.97. The van der Waals surface area contributed by atoms with Crippen LogP contribution in [0, 0.1) is 16.4 Å². The molecular weight excluding hydrogens is 292 g/mol. The highest BCUT2D eigenvalue weighted by Gasteiger charge is 2.12. The molecule has 3 rings (SSSR count). The molecule has 0 amide bonds. The third kappa shape index (κ3) is 2.31. The predicted molar refractivity (Wildman–Crippen MR) is 82.7 cm³/mol. The predicted octanol–water partition coefficient (Wildman–Crippen LogP) is 4.03. The van der Waals surface area contributed by atoms with Crippen LogP contribution in [0.25, 0.3) is 16.7 Å². The van der Waals surface area contributed by atoms with Crippen LogP contribution >= 0.6 is 12.2 Å². The molecule has 0 fully saturated rings. The normalized spacial score (nSPS) is 11.0. The van der Waals surface area contributed by atoms with Crippen LogP contribution in [0.1, 0.15) is 0 Å². The van der Waals surface area contributed by atoms with E-state index in [1.165, 1.54) is 6.07 Å². The smallest absolute Gasteiger partial charge is 0.182 e. The van der Waals surface area contributed by atoms with Crippen molar-refractivity contribution < 1.29 is 8.78 Å². The molecule has 1 N–H and O–H groups in total. The summed E-state index contributed by atoms with van der Waals surface area (Å²) in [7, 11) is 3.85. The highest BCUT2D eigenvalue weighted by molar-refractivity contribution is 7.71. The summed E-state index contributed by atoms with van der Waals surface area (Å²) in [5, 5.41) is 0. The molecule has 21 heavy (non-hydrogen) atoms. The van der Waals surface area contributed by atoms with Crippen molar-refractivity contribution in [3.05, 3.63) is 52.8 Å². The van der Waals surface area contributed by atoms with Gasteiger partial charge in [-0.15, -0.1) is 0 Å². The molecule has 0 radical (unpaired) electrons. The van der Waals surface area contributed by atoms with Gasteiger partial charge in [0.15, 0.2) is 10.6 Å². The number of aromatic nitrogens is 2. The Hall–Kier alpha value is -2.21. The lowest BCUT2D eigenvalue weighted by atomic mass is 10.2. The number of imidazole rings is 1. The monoisotopic (exact) mass is 305 g/mol. The Bertz CT molecular complexity index is 880. The lowest BCUT2D eigenvalue weighted by Gasteiger charge is -2.14. The molecule has 3 nitrogen and oxygen atoms in total. The van der Waals surface area contributed by atoms with Crippen molar-refractivity contribution in [3.8, 4) is 5.69 Å². The minimum Gasteiger partial charge on any atom is -0.378 e. The number of nitrogens with zero attached hydrogens (tertiary/aromatic N) is 2. The molecule has 6 heteroatoms. The van der Waals surface area contributed by atoms with Gasteiger partial charge in [-0.25, -0.2) is 8.78 Å². The summed E-state index contributed by atoms with van der Waals surface area (Å²) in [5.41, 5.74) is 2.31. The van der Waals surface area contributed by atoms with E-state index in [2.05, 4.69) is 4.98 Å². The number of halogens is 2. The topological polar surface area (TPSA) is 24.0 Å². The number of aromatic amines is 1. The summed E-state index contributed by atoms with van der Waals surface area (Å²) in [6.45, 7) is 0. The molecule has 0 aliphatic heterocycles. The number of benzene rings is 2. The van der Waals surface area contributed by atoms with Crippen LogP contribution in [0.2, 0.25) is 0 Å². The van der Waals surface area contributed by atoms with Gasteiger partial charge in [-0.05, 0) is 30.4 Å². The minimum atomic E-state index is -0.654. The first-order valence-electron chi connectivity index (χ1n) is 6.35.